The SMILES string of the molecule is CN(C)C(=O)Oc1ccc(Br)c2c1C(=O)CC2. The summed E-state index contributed by atoms with van der Waals surface area (Å²) in [5.74, 6) is 0.382. The first-order chi connectivity index (χ1) is 8.00. The number of Topliss-reactive ketones (excluding diaryl/α,β-unsaturated/α-hetero) is 1. The highest BCUT2D eigenvalue weighted by atomic mass is 79.9. The number of ketones is 1. The van der Waals surface area contributed by atoms with Crippen LogP contribution in [0.3, 0.4) is 0 Å². The van der Waals surface area contributed by atoms with Crippen LogP contribution in [-0.2, 0) is 6.42 Å². The third-order valence-electron chi connectivity index (χ3n) is 2.66. The fourth-order valence-electron chi connectivity index (χ4n) is 1.78. The Hall–Kier alpha value is -1.36. The zero-order chi connectivity index (χ0) is 12.6. The maximum Gasteiger partial charge on any atom is 0.414 e. The highest BCUT2D eigenvalue weighted by molar-refractivity contribution is 9.10. The second-order valence-corrected chi connectivity index (χ2v) is 4.94. The van der Waals surface area contributed by atoms with Crippen molar-refractivity contribution < 1.29 is 14.3 Å². The van der Waals surface area contributed by atoms with Gasteiger partial charge in [0.15, 0.2) is 5.78 Å². The van der Waals surface area contributed by atoms with Crippen LogP contribution in [0.5, 0.6) is 5.75 Å². The van der Waals surface area contributed by atoms with E-state index in [2.05, 4.69) is 15.9 Å². The van der Waals surface area contributed by atoms with Crippen LogP contribution in [0, 0.1) is 0 Å². The molecule has 0 spiro atoms. The van der Waals surface area contributed by atoms with Crippen molar-refractivity contribution in [2.24, 2.45) is 0 Å². The number of fused-ring (bicyclic) bond motifs is 1. The number of amides is 1. The quantitative estimate of drug-likeness (QED) is 0.800. The minimum absolute atomic E-state index is 0.0304. The fraction of sp³-hybridized carbons (Fsp3) is 0.333. The fourth-order valence-corrected chi connectivity index (χ4v) is 2.31. The van der Waals surface area contributed by atoms with E-state index in [4.69, 9.17) is 4.74 Å². The average molecular weight is 298 g/mol. The van der Waals surface area contributed by atoms with Gasteiger partial charge in [-0.2, -0.15) is 0 Å². The molecule has 0 unspecified atom stereocenters. The monoisotopic (exact) mass is 297 g/mol. The number of hydrogen-bond acceptors (Lipinski definition) is 3. The topological polar surface area (TPSA) is 46.6 Å². The minimum atomic E-state index is -0.478. The van der Waals surface area contributed by atoms with Crippen LogP contribution >= 0.6 is 15.9 Å². The van der Waals surface area contributed by atoms with Crippen molar-refractivity contribution in [2.45, 2.75) is 12.8 Å². The molecule has 0 atom stereocenters. The molecule has 0 saturated heterocycles. The van der Waals surface area contributed by atoms with Gasteiger partial charge >= 0.3 is 6.09 Å². The molecule has 0 radical (unpaired) electrons. The van der Waals surface area contributed by atoms with Gasteiger partial charge in [-0.25, -0.2) is 4.79 Å². The lowest BCUT2D eigenvalue weighted by atomic mass is 10.1. The van der Waals surface area contributed by atoms with E-state index in [9.17, 15) is 9.59 Å². The second-order valence-electron chi connectivity index (χ2n) is 4.08. The van der Waals surface area contributed by atoms with E-state index in [-0.39, 0.29) is 5.78 Å². The summed E-state index contributed by atoms with van der Waals surface area (Å²) in [7, 11) is 3.20. The van der Waals surface area contributed by atoms with Gasteiger partial charge in [0.2, 0.25) is 0 Å². The maximum atomic E-state index is 11.8. The van der Waals surface area contributed by atoms with Gasteiger partial charge in [-0.1, -0.05) is 15.9 Å². The van der Waals surface area contributed by atoms with Crippen LogP contribution < -0.4 is 4.74 Å². The third-order valence-corrected chi connectivity index (χ3v) is 3.40. The molecule has 1 aromatic rings. The molecule has 0 aliphatic heterocycles. The van der Waals surface area contributed by atoms with E-state index in [0.717, 1.165) is 10.0 Å². The summed E-state index contributed by atoms with van der Waals surface area (Å²) in [6.07, 6.45) is 0.696. The Morgan fingerprint density at radius 3 is 2.71 bits per heavy atom. The molecule has 0 aromatic heterocycles. The van der Waals surface area contributed by atoms with Gasteiger partial charge < -0.3 is 9.64 Å². The molecule has 4 nitrogen and oxygen atoms in total. The van der Waals surface area contributed by atoms with E-state index in [1.165, 1.54) is 4.90 Å². The minimum Gasteiger partial charge on any atom is -0.409 e. The van der Waals surface area contributed by atoms with Gasteiger partial charge in [-0.3, -0.25) is 4.79 Å². The van der Waals surface area contributed by atoms with Gasteiger partial charge in [0.25, 0.3) is 0 Å². The Bertz CT molecular complexity index is 497. The first kappa shape index (κ1) is 12.1. The molecule has 1 aliphatic rings. The summed E-state index contributed by atoms with van der Waals surface area (Å²) in [5, 5.41) is 0. The number of ether oxygens (including phenoxy) is 1. The molecule has 2 rings (SSSR count). The van der Waals surface area contributed by atoms with Crippen molar-refractivity contribution in [3.63, 3.8) is 0 Å². The molecule has 5 heteroatoms. The van der Waals surface area contributed by atoms with Gasteiger partial charge in [0.05, 0.1) is 5.56 Å². The number of halogens is 1. The Morgan fingerprint density at radius 1 is 1.35 bits per heavy atom. The number of carbonyl (C=O) groups is 2. The van der Waals surface area contributed by atoms with Gasteiger partial charge in [0, 0.05) is 25.0 Å². The number of hydrogen-bond donors (Lipinski definition) is 0. The van der Waals surface area contributed by atoms with Crippen LogP contribution in [0.25, 0.3) is 0 Å². The van der Waals surface area contributed by atoms with Crippen LogP contribution in [-0.4, -0.2) is 30.9 Å². The molecule has 0 heterocycles. The Labute approximate surface area is 108 Å². The van der Waals surface area contributed by atoms with Gasteiger partial charge in [-0.15, -0.1) is 0 Å². The zero-order valence-electron chi connectivity index (χ0n) is 9.62. The summed E-state index contributed by atoms with van der Waals surface area (Å²) >= 11 is 3.40. The number of rotatable bonds is 1. The van der Waals surface area contributed by atoms with Crippen molar-refractivity contribution in [1.29, 1.82) is 0 Å². The molecule has 1 aromatic carbocycles. The first-order valence-electron chi connectivity index (χ1n) is 5.24. The molecule has 0 bridgehead atoms. The number of benzene rings is 1. The molecule has 1 amide bonds. The molecular weight excluding hydrogens is 286 g/mol. The number of carbonyl (C=O) groups excluding carboxylic acids is 2. The van der Waals surface area contributed by atoms with Crippen molar-refractivity contribution in [3.05, 3.63) is 27.7 Å². The van der Waals surface area contributed by atoms with E-state index in [1.54, 1.807) is 26.2 Å². The average Bonchev–Trinajstić information content (AvgIpc) is 2.66. The summed E-state index contributed by atoms with van der Waals surface area (Å²) in [4.78, 5) is 24.6. The second kappa shape index (κ2) is 4.49. The van der Waals surface area contributed by atoms with E-state index in [0.29, 0.717) is 24.2 Å². The first-order valence-corrected chi connectivity index (χ1v) is 6.03. The molecule has 90 valence electrons. The van der Waals surface area contributed by atoms with Crippen molar-refractivity contribution >= 4 is 27.8 Å². The standard InChI is InChI=1S/C12H12BrNO3/c1-14(2)12(16)17-10-6-4-8(13)7-3-5-9(15)11(7)10/h4,6H,3,5H2,1-2H3. The smallest absolute Gasteiger partial charge is 0.409 e. The molecule has 0 N–H and O–H groups in total. The molecule has 0 saturated carbocycles. The molecule has 1 aliphatic carbocycles. The van der Waals surface area contributed by atoms with Crippen LogP contribution in [0.4, 0.5) is 4.79 Å². The van der Waals surface area contributed by atoms with E-state index in [1.807, 2.05) is 0 Å². The van der Waals surface area contributed by atoms with Gasteiger partial charge in [0.1, 0.15) is 5.75 Å². The summed E-state index contributed by atoms with van der Waals surface area (Å²) in [6.45, 7) is 0. The lowest BCUT2D eigenvalue weighted by Gasteiger charge is -2.13. The lowest BCUT2D eigenvalue weighted by molar-refractivity contribution is 0.0992. The number of nitrogens with zero attached hydrogens (tertiary/aromatic N) is 1. The van der Waals surface area contributed by atoms with E-state index >= 15 is 0 Å². The predicted molar refractivity (Wildman–Crippen MR) is 66.5 cm³/mol. The highest BCUT2D eigenvalue weighted by Crippen LogP contribution is 2.35. The predicted octanol–water partition coefficient (Wildman–Crippen LogP) is 2.64. The van der Waals surface area contributed by atoms with Crippen LogP contribution in [0.1, 0.15) is 22.3 Å². The van der Waals surface area contributed by atoms with Crippen molar-refractivity contribution in [2.75, 3.05) is 14.1 Å². The Balaban J connectivity index is 2.40. The normalized spacial score (nSPS) is 13.5. The van der Waals surface area contributed by atoms with Crippen molar-refractivity contribution in [1.82, 2.24) is 4.90 Å². The third kappa shape index (κ3) is 2.20. The molecular formula is C12H12BrNO3. The molecule has 17 heavy (non-hydrogen) atoms. The zero-order valence-corrected chi connectivity index (χ0v) is 11.2. The summed E-state index contributed by atoms with van der Waals surface area (Å²) in [5.41, 5.74) is 1.47. The lowest BCUT2D eigenvalue weighted by Crippen LogP contribution is -2.25. The summed E-state index contributed by atoms with van der Waals surface area (Å²) < 4.78 is 6.08. The Kier molecular flexibility index (Phi) is 3.19. The van der Waals surface area contributed by atoms with Gasteiger partial charge in [-0.05, 0) is 24.1 Å². The summed E-state index contributed by atoms with van der Waals surface area (Å²) in [6, 6.07) is 3.45. The van der Waals surface area contributed by atoms with Crippen LogP contribution in [0.15, 0.2) is 16.6 Å². The van der Waals surface area contributed by atoms with Crippen LogP contribution in [0.2, 0.25) is 0 Å². The maximum absolute atomic E-state index is 11.8. The largest absolute Gasteiger partial charge is 0.414 e. The van der Waals surface area contributed by atoms with E-state index < -0.39 is 6.09 Å². The Morgan fingerprint density at radius 2 is 2.06 bits per heavy atom. The highest BCUT2D eigenvalue weighted by Gasteiger charge is 2.27. The molecule has 0 fully saturated rings. The van der Waals surface area contributed by atoms with Crippen molar-refractivity contribution in [3.8, 4) is 5.75 Å².